The molecule has 3 heterocycles. The molecule has 0 aliphatic heterocycles. The predicted molar refractivity (Wildman–Crippen MR) is 79.5 cm³/mol. The Balaban J connectivity index is 1.63. The molecule has 0 amide bonds. The largest absolute Gasteiger partial charge is 0.467 e. The summed E-state index contributed by atoms with van der Waals surface area (Å²) in [5.41, 5.74) is 0.754. The van der Waals surface area contributed by atoms with Gasteiger partial charge < -0.3 is 14.8 Å². The number of nitrogens with one attached hydrogen (secondary N) is 1. The molecule has 7 nitrogen and oxygen atoms in total. The number of rotatable bonds is 6. The van der Waals surface area contributed by atoms with Gasteiger partial charge in [-0.1, -0.05) is 0 Å². The molecule has 2 N–H and O–H groups in total. The van der Waals surface area contributed by atoms with Gasteiger partial charge in [-0.05, 0) is 43.5 Å². The van der Waals surface area contributed by atoms with Gasteiger partial charge in [-0.3, -0.25) is 0 Å². The molecule has 1 unspecified atom stereocenters. The minimum atomic E-state index is -0.120. The van der Waals surface area contributed by atoms with E-state index in [0.29, 0.717) is 18.2 Å². The Labute approximate surface area is 127 Å². The van der Waals surface area contributed by atoms with Crippen LogP contribution < -0.4 is 5.32 Å². The van der Waals surface area contributed by atoms with Crippen molar-refractivity contribution in [1.29, 1.82) is 0 Å². The number of furan rings is 1. The second-order valence-electron chi connectivity index (χ2n) is 5.55. The van der Waals surface area contributed by atoms with Gasteiger partial charge in [0.1, 0.15) is 11.6 Å². The minimum absolute atomic E-state index is 0.0700. The predicted octanol–water partition coefficient (Wildman–Crippen LogP) is 2.13. The van der Waals surface area contributed by atoms with Crippen molar-refractivity contribution >= 4 is 11.5 Å². The van der Waals surface area contributed by atoms with E-state index >= 15 is 0 Å². The maximum Gasteiger partial charge on any atom is 0.178 e. The zero-order chi connectivity index (χ0) is 14.9. The summed E-state index contributed by atoms with van der Waals surface area (Å²) in [5, 5.41) is 25.5. The highest BCUT2D eigenvalue weighted by atomic mass is 16.3. The molecule has 114 valence electrons. The summed E-state index contributed by atoms with van der Waals surface area (Å²) in [7, 11) is 0. The Morgan fingerprint density at radius 1 is 1.32 bits per heavy atom. The first kappa shape index (κ1) is 13.3. The van der Waals surface area contributed by atoms with Crippen molar-refractivity contribution < 1.29 is 9.52 Å². The maximum absolute atomic E-state index is 9.25. The number of hydrogen-bond acceptors (Lipinski definition) is 6. The van der Waals surface area contributed by atoms with Gasteiger partial charge in [-0.2, -0.15) is 4.52 Å². The molecule has 1 fully saturated rings. The highest BCUT2D eigenvalue weighted by molar-refractivity contribution is 5.45. The smallest absolute Gasteiger partial charge is 0.178 e. The molecule has 0 bridgehead atoms. The number of aliphatic hydroxyl groups is 1. The number of fused-ring (bicyclic) bond motifs is 1. The Morgan fingerprint density at radius 2 is 2.23 bits per heavy atom. The lowest BCUT2D eigenvalue weighted by molar-refractivity contribution is 0.273. The number of aromatic nitrogens is 4. The van der Waals surface area contributed by atoms with E-state index < -0.39 is 0 Å². The highest BCUT2D eigenvalue weighted by Crippen LogP contribution is 2.38. The van der Waals surface area contributed by atoms with Crippen molar-refractivity contribution in [1.82, 2.24) is 19.8 Å². The van der Waals surface area contributed by atoms with Crippen molar-refractivity contribution in [2.45, 2.75) is 31.2 Å². The molecule has 7 heteroatoms. The first-order chi connectivity index (χ1) is 10.8. The first-order valence-electron chi connectivity index (χ1n) is 7.48. The zero-order valence-electron chi connectivity index (χ0n) is 12.0. The Kier molecular flexibility index (Phi) is 3.27. The molecule has 3 aromatic heterocycles. The lowest BCUT2D eigenvalue weighted by Gasteiger charge is -2.16. The Morgan fingerprint density at radius 3 is 2.95 bits per heavy atom. The topological polar surface area (TPSA) is 88.5 Å². The molecule has 3 aromatic rings. The number of hydrogen-bond donors (Lipinski definition) is 2. The van der Waals surface area contributed by atoms with Crippen molar-refractivity contribution in [3.63, 3.8) is 0 Å². The van der Waals surface area contributed by atoms with Gasteiger partial charge in [-0.25, -0.2) is 0 Å². The van der Waals surface area contributed by atoms with E-state index in [9.17, 15) is 5.11 Å². The molecule has 1 aliphatic carbocycles. The second-order valence-corrected chi connectivity index (χ2v) is 5.55. The highest BCUT2D eigenvalue weighted by Gasteiger charge is 2.29. The summed E-state index contributed by atoms with van der Waals surface area (Å²) < 4.78 is 7.24. The van der Waals surface area contributed by atoms with Crippen molar-refractivity contribution in [2.75, 3.05) is 11.9 Å². The van der Waals surface area contributed by atoms with E-state index in [2.05, 4.69) is 20.6 Å². The number of aliphatic hydroxyl groups excluding tert-OH is 1. The standard InChI is InChI=1S/C15H17N5O2/c21-8-7-11(12-2-1-9-22-12)16-13-5-6-14-17-18-15(10-3-4-10)20(14)19-13/h1-2,5-6,9-11,21H,3-4,7-8H2,(H,16,19). The monoisotopic (exact) mass is 299 g/mol. The maximum atomic E-state index is 9.25. The summed E-state index contributed by atoms with van der Waals surface area (Å²) in [5.74, 6) is 2.90. The zero-order valence-corrected chi connectivity index (χ0v) is 12.0. The van der Waals surface area contributed by atoms with Gasteiger partial charge >= 0.3 is 0 Å². The van der Waals surface area contributed by atoms with Crippen LogP contribution in [0.25, 0.3) is 5.65 Å². The van der Waals surface area contributed by atoms with Crippen LogP contribution in [-0.2, 0) is 0 Å². The van der Waals surface area contributed by atoms with Crippen LogP contribution in [0.3, 0.4) is 0 Å². The third kappa shape index (κ3) is 2.43. The molecule has 0 spiro atoms. The van der Waals surface area contributed by atoms with Crippen LogP contribution in [0.1, 0.15) is 42.8 Å². The molecule has 22 heavy (non-hydrogen) atoms. The third-order valence-electron chi connectivity index (χ3n) is 3.86. The molecule has 1 saturated carbocycles. The Bertz CT molecular complexity index is 763. The molecule has 0 aromatic carbocycles. The molecule has 1 atom stereocenters. The molecule has 0 saturated heterocycles. The fourth-order valence-corrected chi connectivity index (χ4v) is 2.56. The average Bonchev–Trinajstić information content (AvgIpc) is 3.07. The van der Waals surface area contributed by atoms with E-state index in [1.807, 2.05) is 24.3 Å². The lowest BCUT2D eigenvalue weighted by atomic mass is 10.1. The summed E-state index contributed by atoms with van der Waals surface area (Å²) in [4.78, 5) is 0. The van der Waals surface area contributed by atoms with Gasteiger partial charge in [0.15, 0.2) is 11.5 Å². The van der Waals surface area contributed by atoms with Crippen molar-refractivity contribution in [2.24, 2.45) is 0 Å². The van der Waals surface area contributed by atoms with E-state index in [-0.39, 0.29) is 12.6 Å². The molecule has 0 radical (unpaired) electrons. The molecular weight excluding hydrogens is 282 g/mol. The number of anilines is 1. The normalized spacial score (nSPS) is 16.0. The van der Waals surface area contributed by atoms with Gasteiger partial charge in [0.2, 0.25) is 0 Å². The average molecular weight is 299 g/mol. The summed E-state index contributed by atoms with van der Waals surface area (Å²) >= 11 is 0. The van der Waals surface area contributed by atoms with E-state index in [1.165, 1.54) is 0 Å². The summed E-state index contributed by atoms with van der Waals surface area (Å²) in [6.07, 6.45) is 4.48. The van der Waals surface area contributed by atoms with Gasteiger partial charge in [-0.15, -0.1) is 15.3 Å². The van der Waals surface area contributed by atoms with Crippen LogP contribution in [0.4, 0.5) is 5.82 Å². The summed E-state index contributed by atoms with van der Waals surface area (Å²) in [6, 6.07) is 7.37. The van der Waals surface area contributed by atoms with Crippen LogP contribution in [0.5, 0.6) is 0 Å². The van der Waals surface area contributed by atoms with Gasteiger partial charge in [0, 0.05) is 12.5 Å². The summed E-state index contributed by atoms with van der Waals surface area (Å²) in [6.45, 7) is 0.0700. The molecule has 1 aliphatic rings. The first-order valence-corrected chi connectivity index (χ1v) is 7.48. The van der Waals surface area contributed by atoms with Crippen LogP contribution in [0.15, 0.2) is 34.9 Å². The van der Waals surface area contributed by atoms with Crippen LogP contribution in [-0.4, -0.2) is 31.5 Å². The third-order valence-corrected chi connectivity index (χ3v) is 3.86. The van der Waals surface area contributed by atoms with Crippen LogP contribution >= 0.6 is 0 Å². The quantitative estimate of drug-likeness (QED) is 0.725. The Hall–Kier alpha value is -2.41. The van der Waals surface area contributed by atoms with Crippen LogP contribution in [0.2, 0.25) is 0 Å². The lowest BCUT2D eigenvalue weighted by Crippen LogP contribution is -2.14. The minimum Gasteiger partial charge on any atom is -0.467 e. The van der Waals surface area contributed by atoms with Crippen LogP contribution in [0, 0.1) is 0 Å². The number of nitrogens with zero attached hydrogens (tertiary/aromatic N) is 4. The SMILES string of the molecule is OCCC(Nc1ccc2nnc(C3CC3)n2n1)c1ccco1. The van der Waals surface area contributed by atoms with E-state index in [0.717, 1.165) is 30.1 Å². The van der Waals surface area contributed by atoms with E-state index in [4.69, 9.17) is 4.42 Å². The van der Waals surface area contributed by atoms with E-state index in [1.54, 1.807) is 10.8 Å². The van der Waals surface area contributed by atoms with Gasteiger partial charge in [0.25, 0.3) is 0 Å². The van der Waals surface area contributed by atoms with Crippen molar-refractivity contribution in [3.05, 3.63) is 42.1 Å². The van der Waals surface area contributed by atoms with Crippen molar-refractivity contribution in [3.8, 4) is 0 Å². The second kappa shape index (κ2) is 5.42. The molecular formula is C15H17N5O2. The fourth-order valence-electron chi connectivity index (χ4n) is 2.56. The fraction of sp³-hybridized carbons (Fsp3) is 0.400. The van der Waals surface area contributed by atoms with Gasteiger partial charge in [0.05, 0.1) is 12.3 Å². The molecule has 4 rings (SSSR count).